The number of benzene rings is 1. The Morgan fingerprint density at radius 1 is 1.23 bits per heavy atom. The fraction of sp³-hybridized carbons (Fsp3) is 0.440. The highest BCUT2D eigenvalue weighted by Crippen LogP contribution is 2.55. The predicted octanol–water partition coefficient (Wildman–Crippen LogP) is 4.70. The van der Waals surface area contributed by atoms with E-state index in [0.717, 1.165) is 23.2 Å². The number of rotatable bonds is 4. The second-order valence-electron chi connectivity index (χ2n) is 8.96. The van der Waals surface area contributed by atoms with Crippen molar-refractivity contribution in [1.29, 1.82) is 0 Å². The number of fused-ring (bicyclic) bond motifs is 1. The number of nitrogens with two attached hydrogens (primary N) is 1. The van der Waals surface area contributed by atoms with Gasteiger partial charge in [-0.15, -0.1) is 0 Å². The Morgan fingerprint density at radius 3 is 2.70 bits per heavy atom. The molecule has 4 rings (SSSR count). The molecule has 1 aliphatic heterocycles. The van der Waals surface area contributed by atoms with Gasteiger partial charge in [0.1, 0.15) is 11.9 Å². The van der Waals surface area contributed by atoms with Gasteiger partial charge in [0, 0.05) is 24.2 Å². The third kappa shape index (κ3) is 3.45. The lowest BCUT2D eigenvalue weighted by molar-refractivity contribution is -0.149. The van der Waals surface area contributed by atoms with Crippen LogP contribution in [0.1, 0.15) is 32.9 Å². The maximum Gasteiger partial charge on any atom is 0.314 e. The minimum atomic E-state index is -0.588. The summed E-state index contributed by atoms with van der Waals surface area (Å²) in [6.45, 7) is 6.75. The van der Waals surface area contributed by atoms with Crippen LogP contribution in [0.2, 0.25) is 0 Å². The molecule has 2 N–H and O–H groups in total. The van der Waals surface area contributed by atoms with Crippen LogP contribution in [0.15, 0.2) is 48.7 Å². The molecule has 6 atom stereocenters. The third-order valence-electron chi connectivity index (χ3n) is 7.25. The van der Waals surface area contributed by atoms with E-state index in [1.54, 1.807) is 12.3 Å². The maximum atomic E-state index is 13.5. The predicted molar refractivity (Wildman–Crippen MR) is 116 cm³/mol. The molecule has 4 nitrogen and oxygen atoms in total. The zero-order chi connectivity index (χ0) is 21.5. The number of carbonyl (C=O) groups excluding carboxylic acids is 1. The van der Waals surface area contributed by atoms with Gasteiger partial charge in [0.25, 0.3) is 0 Å². The molecular weight excluding hydrogens is 379 g/mol. The van der Waals surface area contributed by atoms with E-state index in [4.69, 9.17) is 10.5 Å². The fourth-order valence-corrected chi connectivity index (χ4v) is 5.46. The van der Waals surface area contributed by atoms with E-state index in [1.807, 2.05) is 31.2 Å². The van der Waals surface area contributed by atoms with Crippen molar-refractivity contribution in [1.82, 2.24) is 4.98 Å². The summed E-state index contributed by atoms with van der Waals surface area (Å²) in [5, 5.41) is 0. The third-order valence-corrected chi connectivity index (χ3v) is 7.25. The number of hydrogen-bond acceptors (Lipinski definition) is 4. The first-order valence-corrected chi connectivity index (χ1v) is 10.7. The molecule has 1 aliphatic carbocycles. The van der Waals surface area contributed by atoms with E-state index >= 15 is 0 Å². The summed E-state index contributed by atoms with van der Waals surface area (Å²) in [5.74, 6) is 0.641. The minimum absolute atomic E-state index is 0.0732. The van der Waals surface area contributed by atoms with Gasteiger partial charge in [0.05, 0.1) is 11.1 Å². The SMILES string of the molecule is C[C@H]1[C@H](/C=C/c2ccc(-c3cccc(F)c3)cn2)[C@@H]2[C@@H](C)OC(=O)[C@]2(CN)C[C@@H]1C. The number of esters is 1. The van der Waals surface area contributed by atoms with E-state index < -0.39 is 5.41 Å². The number of aromatic nitrogens is 1. The summed E-state index contributed by atoms with van der Waals surface area (Å²) >= 11 is 0. The molecule has 0 amide bonds. The summed E-state index contributed by atoms with van der Waals surface area (Å²) < 4.78 is 19.1. The van der Waals surface area contributed by atoms with Crippen LogP contribution in [-0.2, 0) is 9.53 Å². The van der Waals surface area contributed by atoms with Crippen LogP contribution in [0.25, 0.3) is 17.2 Å². The van der Waals surface area contributed by atoms with Crippen LogP contribution in [0.5, 0.6) is 0 Å². The summed E-state index contributed by atoms with van der Waals surface area (Å²) in [6, 6.07) is 10.4. The zero-order valence-corrected chi connectivity index (χ0v) is 17.7. The summed E-state index contributed by atoms with van der Waals surface area (Å²) in [5.41, 5.74) is 8.04. The van der Waals surface area contributed by atoms with E-state index in [-0.39, 0.29) is 29.7 Å². The number of pyridine rings is 1. The number of carbonyl (C=O) groups is 1. The van der Waals surface area contributed by atoms with Gasteiger partial charge in [-0.1, -0.05) is 38.1 Å². The monoisotopic (exact) mass is 408 g/mol. The number of ether oxygens (including phenoxy) is 1. The van der Waals surface area contributed by atoms with Crippen LogP contribution in [-0.4, -0.2) is 23.6 Å². The Bertz CT molecular complexity index is 958. The van der Waals surface area contributed by atoms with E-state index in [0.29, 0.717) is 18.4 Å². The van der Waals surface area contributed by atoms with Gasteiger partial charge < -0.3 is 10.5 Å². The molecule has 2 aromatic rings. The Labute approximate surface area is 177 Å². The zero-order valence-electron chi connectivity index (χ0n) is 17.7. The van der Waals surface area contributed by atoms with E-state index in [9.17, 15) is 9.18 Å². The number of nitrogens with zero attached hydrogens (tertiary/aromatic N) is 1. The molecule has 1 saturated heterocycles. The van der Waals surface area contributed by atoms with Crippen molar-refractivity contribution in [3.63, 3.8) is 0 Å². The Hall–Kier alpha value is -2.53. The molecule has 0 spiro atoms. The highest BCUT2D eigenvalue weighted by atomic mass is 19.1. The van der Waals surface area contributed by atoms with Crippen molar-refractivity contribution >= 4 is 12.0 Å². The van der Waals surface area contributed by atoms with Crippen molar-refractivity contribution in [2.24, 2.45) is 34.8 Å². The first-order chi connectivity index (χ1) is 14.4. The second-order valence-corrected chi connectivity index (χ2v) is 8.96. The Morgan fingerprint density at radius 2 is 2.03 bits per heavy atom. The maximum absolute atomic E-state index is 13.5. The highest BCUT2D eigenvalue weighted by Gasteiger charge is 2.61. The smallest absolute Gasteiger partial charge is 0.314 e. The van der Waals surface area contributed by atoms with Crippen LogP contribution in [0.4, 0.5) is 4.39 Å². The standard InChI is InChI=1S/C25H29FN2O2/c1-15-12-25(14-27)23(17(3)30-24(25)29)22(16(15)2)10-9-21-8-7-19(13-28-21)18-5-4-6-20(26)11-18/h4-11,13,15-17,22-23H,12,14,27H2,1-3H3/b10-9+/t15-,16+,17+,22-,23-,25-/m0/s1. The van der Waals surface area contributed by atoms with E-state index in [2.05, 4.69) is 24.9 Å². The normalized spacial score (nSPS) is 33.5. The molecule has 158 valence electrons. The van der Waals surface area contributed by atoms with Gasteiger partial charge >= 0.3 is 5.97 Å². The largest absolute Gasteiger partial charge is 0.462 e. The molecule has 2 aliphatic rings. The first-order valence-electron chi connectivity index (χ1n) is 10.7. The molecule has 0 bridgehead atoms. The van der Waals surface area contributed by atoms with Crippen molar-refractivity contribution < 1.29 is 13.9 Å². The van der Waals surface area contributed by atoms with Crippen LogP contribution in [0.3, 0.4) is 0 Å². The van der Waals surface area contributed by atoms with Crippen molar-refractivity contribution in [3.8, 4) is 11.1 Å². The fourth-order valence-electron chi connectivity index (χ4n) is 5.46. The number of allylic oxidation sites excluding steroid dienone is 1. The van der Waals surface area contributed by atoms with Crippen molar-refractivity contribution in [3.05, 3.63) is 60.2 Å². The van der Waals surface area contributed by atoms with E-state index in [1.165, 1.54) is 12.1 Å². The molecule has 1 aromatic carbocycles. The summed E-state index contributed by atoms with van der Waals surface area (Å²) in [7, 11) is 0. The molecule has 5 heteroatoms. The number of hydrogen-bond donors (Lipinski definition) is 1. The Kier molecular flexibility index (Phi) is 5.49. The average Bonchev–Trinajstić information content (AvgIpc) is 2.98. The second kappa shape index (κ2) is 7.95. The lowest BCUT2D eigenvalue weighted by Crippen LogP contribution is -2.51. The molecule has 30 heavy (non-hydrogen) atoms. The summed E-state index contributed by atoms with van der Waals surface area (Å²) in [6.07, 6.45) is 6.59. The van der Waals surface area contributed by atoms with Crippen LogP contribution >= 0.6 is 0 Å². The molecule has 1 saturated carbocycles. The lowest BCUT2D eigenvalue weighted by Gasteiger charge is -2.46. The van der Waals surface area contributed by atoms with Crippen molar-refractivity contribution in [2.75, 3.05) is 6.54 Å². The number of halogens is 1. The van der Waals surface area contributed by atoms with Crippen LogP contribution < -0.4 is 5.73 Å². The van der Waals surface area contributed by atoms with Gasteiger partial charge in [-0.3, -0.25) is 9.78 Å². The van der Waals surface area contributed by atoms with Gasteiger partial charge in [-0.2, -0.15) is 0 Å². The average molecular weight is 409 g/mol. The highest BCUT2D eigenvalue weighted by molar-refractivity contribution is 5.80. The summed E-state index contributed by atoms with van der Waals surface area (Å²) in [4.78, 5) is 17.2. The van der Waals surface area contributed by atoms with Gasteiger partial charge in [-0.05, 0) is 60.9 Å². The van der Waals surface area contributed by atoms with Gasteiger partial charge in [0.15, 0.2) is 0 Å². The van der Waals surface area contributed by atoms with Crippen molar-refractivity contribution in [2.45, 2.75) is 33.3 Å². The Balaban J connectivity index is 1.60. The molecule has 1 aromatic heterocycles. The van der Waals surface area contributed by atoms with Crippen LogP contribution in [0, 0.1) is 34.9 Å². The topological polar surface area (TPSA) is 65.2 Å². The number of cyclic esters (lactones) is 1. The first kappa shape index (κ1) is 20.7. The molecular formula is C25H29FN2O2. The molecule has 2 fully saturated rings. The van der Waals surface area contributed by atoms with Gasteiger partial charge in [-0.25, -0.2) is 4.39 Å². The quantitative estimate of drug-likeness (QED) is 0.745. The molecule has 0 unspecified atom stereocenters. The van der Waals surface area contributed by atoms with Gasteiger partial charge in [0.2, 0.25) is 0 Å². The lowest BCUT2D eigenvalue weighted by atomic mass is 9.55. The molecule has 2 heterocycles. The minimum Gasteiger partial charge on any atom is -0.462 e. The molecule has 0 radical (unpaired) electrons.